The van der Waals surface area contributed by atoms with Gasteiger partial charge in [-0.15, -0.1) is 13.2 Å². The fraction of sp³-hybridized carbons (Fsp3) is 0.789. The molecule has 2 unspecified atom stereocenters. The van der Waals surface area contributed by atoms with Crippen molar-refractivity contribution in [2.45, 2.75) is 78.8 Å². The van der Waals surface area contributed by atoms with Gasteiger partial charge < -0.3 is 13.0 Å². The van der Waals surface area contributed by atoms with E-state index in [0.29, 0.717) is 12.5 Å². The van der Waals surface area contributed by atoms with Gasteiger partial charge in [-0.1, -0.05) is 70.7 Å². The standard InChI is InChI=1S/C19H40O3Si2/c1-8-11-12-13-14-15-16-17-20-23(6,9-2)22-24(7,10-3)21-18-19(4)5/h9-10,19H,2-3,8,11-18H2,1,4-7H3. The molecule has 3 nitrogen and oxygen atoms in total. The second-order valence-electron chi connectivity index (χ2n) is 7.22. The SMILES string of the molecule is C=C[Si](C)(OCCCCCCCCC)O[Si](C)(C=C)OCC(C)C. The minimum absolute atomic E-state index is 0.477. The second-order valence-corrected chi connectivity index (χ2v) is 13.5. The highest BCUT2D eigenvalue weighted by atomic mass is 28.5. The minimum Gasteiger partial charge on any atom is -0.409 e. The molecule has 0 heterocycles. The highest BCUT2D eigenvalue weighted by molar-refractivity contribution is 6.84. The molecular formula is C19H40O3Si2. The first-order valence-electron chi connectivity index (χ1n) is 9.56. The Bertz CT molecular complexity index is 350. The molecule has 0 amide bonds. The Labute approximate surface area is 153 Å². The zero-order valence-corrected chi connectivity index (χ0v) is 18.7. The van der Waals surface area contributed by atoms with Crippen molar-refractivity contribution in [2.75, 3.05) is 13.2 Å². The number of unbranched alkanes of at least 4 members (excludes halogenated alkanes) is 6. The number of rotatable bonds is 16. The van der Waals surface area contributed by atoms with E-state index >= 15 is 0 Å². The third-order valence-corrected chi connectivity index (χ3v) is 10.2. The highest BCUT2D eigenvalue weighted by Gasteiger charge is 2.39. The fourth-order valence-electron chi connectivity index (χ4n) is 2.33. The van der Waals surface area contributed by atoms with Gasteiger partial charge >= 0.3 is 17.1 Å². The van der Waals surface area contributed by atoms with E-state index in [1.807, 2.05) is 17.9 Å². The van der Waals surface area contributed by atoms with Crippen LogP contribution in [-0.2, 0) is 13.0 Å². The molecule has 0 aliphatic rings. The highest BCUT2D eigenvalue weighted by Crippen LogP contribution is 2.20. The summed E-state index contributed by atoms with van der Waals surface area (Å²) in [6, 6.07) is 0. The van der Waals surface area contributed by atoms with Crippen LogP contribution in [-0.4, -0.2) is 30.3 Å². The maximum atomic E-state index is 6.33. The van der Waals surface area contributed by atoms with Crippen LogP contribution in [0.1, 0.15) is 65.7 Å². The fourth-order valence-corrected chi connectivity index (χ4v) is 8.14. The topological polar surface area (TPSA) is 27.7 Å². The molecule has 142 valence electrons. The third kappa shape index (κ3) is 11.4. The van der Waals surface area contributed by atoms with Crippen LogP contribution in [0.25, 0.3) is 0 Å². The Morgan fingerprint density at radius 3 is 1.83 bits per heavy atom. The maximum Gasteiger partial charge on any atom is 0.352 e. The van der Waals surface area contributed by atoms with Crippen molar-refractivity contribution in [3.05, 3.63) is 24.6 Å². The van der Waals surface area contributed by atoms with E-state index in [1.54, 1.807) is 0 Å². The van der Waals surface area contributed by atoms with E-state index in [9.17, 15) is 0 Å². The van der Waals surface area contributed by atoms with E-state index in [4.69, 9.17) is 13.0 Å². The lowest BCUT2D eigenvalue weighted by molar-refractivity contribution is 0.185. The summed E-state index contributed by atoms with van der Waals surface area (Å²) in [7, 11) is -4.81. The summed E-state index contributed by atoms with van der Waals surface area (Å²) in [5.41, 5.74) is 3.71. The minimum atomic E-state index is -2.40. The molecule has 0 N–H and O–H groups in total. The van der Waals surface area contributed by atoms with Crippen LogP contribution in [0.15, 0.2) is 24.6 Å². The van der Waals surface area contributed by atoms with Gasteiger partial charge in [0, 0.05) is 13.2 Å². The average Bonchev–Trinajstić information content (AvgIpc) is 2.55. The summed E-state index contributed by atoms with van der Waals surface area (Å²) in [4.78, 5) is 0. The van der Waals surface area contributed by atoms with Crippen molar-refractivity contribution < 1.29 is 13.0 Å². The molecule has 0 aromatic heterocycles. The summed E-state index contributed by atoms with van der Waals surface area (Å²) < 4.78 is 18.5. The van der Waals surface area contributed by atoms with Crippen molar-refractivity contribution in [3.8, 4) is 0 Å². The summed E-state index contributed by atoms with van der Waals surface area (Å²) >= 11 is 0. The van der Waals surface area contributed by atoms with Crippen LogP contribution >= 0.6 is 0 Å². The van der Waals surface area contributed by atoms with E-state index < -0.39 is 17.1 Å². The molecule has 0 fully saturated rings. The third-order valence-electron chi connectivity index (χ3n) is 3.99. The first-order valence-corrected chi connectivity index (χ1v) is 14.3. The Kier molecular flexibility index (Phi) is 12.9. The molecule has 0 aliphatic heterocycles. The zero-order chi connectivity index (χ0) is 18.5. The van der Waals surface area contributed by atoms with Crippen LogP contribution in [0.5, 0.6) is 0 Å². The van der Waals surface area contributed by atoms with Crippen LogP contribution in [0, 0.1) is 5.92 Å². The van der Waals surface area contributed by atoms with Crippen molar-refractivity contribution in [3.63, 3.8) is 0 Å². The van der Waals surface area contributed by atoms with Gasteiger partial charge in [-0.05, 0) is 25.4 Å². The van der Waals surface area contributed by atoms with E-state index in [1.165, 1.54) is 38.5 Å². The first-order chi connectivity index (χ1) is 11.3. The van der Waals surface area contributed by atoms with Gasteiger partial charge in [-0.2, -0.15) is 0 Å². The van der Waals surface area contributed by atoms with Gasteiger partial charge in [-0.25, -0.2) is 0 Å². The summed E-state index contributed by atoms with van der Waals surface area (Å²) in [6.07, 6.45) is 8.96. The average molecular weight is 373 g/mol. The Hall–Kier alpha value is -0.206. The molecule has 0 bridgehead atoms. The van der Waals surface area contributed by atoms with E-state index in [2.05, 4.69) is 40.5 Å². The maximum absolute atomic E-state index is 6.33. The lowest BCUT2D eigenvalue weighted by Crippen LogP contribution is -2.50. The molecule has 0 spiro atoms. The van der Waals surface area contributed by atoms with Crippen LogP contribution in [0.4, 0.5) is 0 Å². The van der Waals surface area contributed by atoms with E-state index in [-0.39, 0.29) is 0 Å². The summed E-state index contributed by atoms with van der Waals surface area (Å²) in [6.45, 7) is 19.9. The Balaban J connectivity index is 4.21. The van der Waals surface area contributed by atoms with E-state index in [0.717, 1.165) is 13.0 Å². The van der Waals surface area contributed by atoms with Gasteiger partial charge in [0.15, 0.2) is 0 Å². The Morgan fingerprint density at radius 1 is 0.833 bits per heavy atom. The second kappa shape index (κ2) is 13.1. The molecule has 0 saturated heterocycles. The molecule has 0 radical (unpaired) electrons. The predicted octanol–water partition coefficient (Wildman–Crippen LogP) is 6.04. The van der Waals surface area contributed by atoms with Gasteiger partial charge in [0.25, 0.3) is 0 Å². The predicted molar refractivity (Wildman–Crippen MR) is 109 cm³/mol. The largest absolute Gasteiger partial charge is 0.409 e. The quantitative estimate of drug-likeness (QED) is 0.244. The smallest absolute Gasteiger partial charge is 0.352 e. The first kappa shape index (κ1) is 23.8. The van der Waals surface area contributed by atoms with Gasteiger partial charge in [-0.3, -0.25) is 0 Å². The van der Waals surface area contributed by atoms with Crippen LogP contribution < -0.4 is 0 Å². The molecule has 2 atom stereocenters. The van der Waals surface area contributed by atoms with Crippen molar-refractivity contribution in [1.29, 1.82) is 0 Å². The van der Waals surface area contributed by atoms with Crippen LogP contribution in [0.3, 0.4) is 0 Å². The molecule has 0 aliphatic carbocycles. The lowest BCUT2D eigenvalue weighted by atomic mass is 10.1. The summed E-state index contributed by atoms with van der Waals surface area (Å²) in [5, 5.41) is 0. The Morgan fingerprint density at radius 2 is 1.33 bits per heavy atom. The molecule has 0 aromatic rings. The zero-order valence-electron chi connectivity index (χ0n) is 16.7. The van der Waals surface area contributed by atoms with Gasteiger partial charge in [0.05, 0.1) is 0 Å². The van der Waals surface area contributed by atoms with Gasteiger partial charge in [0.2, 0.25) is 0 Å². The molecular weight excluding hydrogens is 332 g/mol. The van der Waals surface area contributed by atoms with Crippen molar-refractivity contribution in [1.82, 2.24) is 0 Å². The van der Waals surface area contributed by atoms with Crippen molar-refractivity contribution >= 4 is 17.1 Å². The lowest BCUT2D eigenvalue weighted by Gasteiger charge is -2.33. The van der Waals surface area contributed by atoms with Crippen molar-refractivity contribution in [2.24, 2.45) is 5.92 Å². The number of hydrogen-bond acceptors (Lipinski definition) is 3. The van der Waals surface area contributed by atoms with Crippen LogP contribution in [0.2, 0.25) is 13.1 Å². The molecule has 24 heavy (non-hydrogen) atoms. The normalized spacial score (nSPS) is 16.6. The number of hydrogen-bond donors (Lipinski definition) is 0. The molecule has 0 rings (SSSR count). The molecule has 5 heteroatoms. The molecule has 0 aromatic carbocycles. The molecule has 0 saturated carbocycles. The monoisotopic (exact) mass is 372 g/mol. The summed E-state index contributed by atoms with van der Waals surface area (Å²) in [5.74, 6) is 0.477. The van der Waals surface area contributed by atoms with Gasteiger partial charge in [0.1, 0.15) is 0 Å².